The van der Waals surface area contributed by atoms with Crippen LogP contribution in [-0.2, 0) is 4.79 Å². The number of likely N-dealkylation sites (N-methyl/N-ethyl adjacent to an activating group) is 1. The van der Waals surface area contributed by atoms with Crippen molar-refractivity contribution in [2.75, 3.05) is 23.4 Å². The molecule has 0 fully saturated rings. The fourth-order valence-corrected chi connectivity index (χ4v) is 3.42. The molecule has 28 heavy (non-hydrogen) atoms. The minimum atomic E-state index is -0.0296. The second-order valence-electron chi connectivity index (χ2n) is 6.68. The molecule has 0 saturated heterocycles. The Morgan fingerprint density at radius 2 is 1.96 bits per heavy atom. The number of rotatable bonds is 2. The fourth-order valence-electron chi connectivity index (χ4n) is 3.42. The Morgan fingerprint density at radius 1 is 1.07 bits per heavy atom. The minimum absolute atomic E-state index is 0.0296. The average molecular weight is 371 g/mol. The average Bonchev–Trinajstić information content (AvgIpc) is 3.19. The Balaban J connectivity index is 1.71. The molecule has 138 valence electrons. The molecule has 0 spiro atoms. The van der Waals surface area contributed by atoms with Crippen LogP contribution >= 0.6 is 0 Å². The number of amides is 1. The maximum Gasteiger partial charge on any atom is 0.246 e. The summed E-state index contributed by atoms with van der Waals surface area (Å²) in [7, 11) is 1.74. The maximum absolute atomic E-state index is 12.6. The van der Waals surface area contributed by atoms with Crippen molar-refractivity contribution in [1.29, 1.82) is 0 Å². The highest BCUT2D eigenvalue weighted by Crippen LogP contribution is 2.38. The SMILES string of the molecule is Cc1cccc(-c2ncc3c(n2)N(c2ccnc4[nH]ccc24)CC(=O)N3C)n1. The van der Waals surface area contributed by atoms with Crippen LogP contribution in [0.5, 0.6) is 0 Å². The lowest BCUT2D eigenvalue weighted by Gasteiger charge is -2.34. The summed E-state index contributed by atoms with van der Waals surface area (Å²) in [5, 5.41) is 0.930. The van der Waals surface area contributed by atoms with Crippen LogP contribution in [0.2, 0.25) is 0 Å². The number of anilines is 3. The monoisotopic (exact) mass is 371 g/mol. The molecular formula is C20H17N7O. The third-order valence-electron chi connectivity index (χ3n) is 4.88. The molecule has 4 aromatic rings. The number of hydrogen-bond donors (Lipinski definition) is 1. The maximum atomic E-state index is 12.6. The number of nitrogens with one attached hydrogen (secondary N) is 1. The summed E-state index contributed by atoms with van der Waals surface area (Å²) < 4.78 is 0. The number of nitrogens with zero attached hydrogens (tertiary/aromatic N) is 6. The highest BCUT2D eigenvalue weighted by Gasteiger charge is 2.31. The lowest BCUT2D eigenvalue weighted by Crippen LogP contribution is -2.42. The lowest BCUT2D eigenvalue weighted by atomic mass is 10.2. The van der Waals surface area contributed by atoms with Gasteiger partial charge >= 0.3 is 0 Å². The first-order valence-electron chi connectivity index (χ1n) is 8.89. The zero-order valence-corrected chi connectivity index (χ0v) is 15.4. The van der Waals surface area contributed by atoms with Crippen LogP contribution in [0.15, 0.2) is 48.9 Å². The van der Waals surface area contributed by atoms with Gasteiger partial charge in [-0.25, -0.2) is 19.9 Å². The van der Waals surface area contributed by atoms with Gasteiger partial charge < -0.3 is 14.8 Å². The van der Waals surface area contributed by atoms with Crippen LogP contribution < -0.4 is 9.80 Å². The number of fused-ring (bicyclic) bond motifs is 2. The van der Waals surface area contributed by atoms with Crippen molar-refractivity contribution in [1.82, 2.24) is 24.9 Å². The van der Waals surface area contributed by atoms with E-state index in [-0.39, 0.29) is 12.5 Å². The summed E-state index contributed by atoms with van der Waals surface area (Å²) >= 11 is 0. The molecule has 1 amide bonds. The van der Waals surface area contributed by atoms with E-state index in [1.165, 1.54) is 0 Å². The van der Waals surface area contributed by atoms with Crippen LogP contribution in [-0.4, -0.2) is 44.4 Å². The van der Waals surface area contributed by atoms with Crippen molar-refractivity contribution in [2.24, 2.45) is 0 Å². The highest BCUT2D eigenvalue weighted by atomic mass is 16.2. The van der Waals surface area contributed by atoms with Gasteiger partial charge in [0.2, 0.25) is 5.91 Å². The molecule has 1 N–H and O–H groups in total. The standard InChI is InChI=1S/C20H17N7O/c1-12-4-3-5-14(24-12)19-23-10-16-20(25-19)27(11-17(28)26(16)2)15-7-9-22-18-13(15)6-8-21-18/h3-10H,11H2,1-2H3,(H,21,22). The number of hydrogen-bond acceptors (Lipinski definition) is 6. The molecule has 0 saturated carbocycles. The number of pyridine rings is 2. The van der Waals surface area contributed by atoms with E-state index in [9.17, 15) is 4.79 Å². The minimum Gasteiger partial charge on any atom is -0.346 e. The van der Waals surface area contributed by atoms with Gasteiger partial charge in [0.25, 0.3) is 0 Å². The van der Waals surface area contributed by atoms with E-state index < -0.39 is 0 Å². The van der Waals surface area contributed by atoms with E-state index in [1.54, 1.807) is 24.3 Å². The zero-order valence-electron chi connectivity index (χ0n) is 15.4. The normalized spacial score (nSPS) is 13.9. The molecule has 0 aliphatic carbocycles. The first kappa shape index (κ1) is 16.4. The summed E-state index contributed by atoms with van der Waals surface area (Å²) in [6.45, 7) is 2.12. The molecule has 0 bridgehead atoms. The molecule has 0 radical (unpaired) electrons. The second-order valence-corrected chi connectivity index (χ2v) is 6.68. The predicted octanol–water partition coefficient (Wildman–Crippen LogP) is 2.84. The largest absolute Gasteiger partial charge is 0.346 e. The van der Waals surface area contributed by atoms with Crippen LogP contribution in [0.1, 0.15) is 5.69 Å². The van der Waals surface area contributed by atoms with Gasteiger partial charge in [-0.15, -0.1) is 0 Å². The van der Waals surface area contributed by atoms with Gasteiger partial charge in [-0.3, -0.25) is 4.79 Å². The van der Waals surface area contributed by atoms with Gasteiger partial charge in [0, 0.05) is 30.5 Å². The molecule has 4 aromatic heterocycles. The molecule has 0 unspecified atom stereocenters. The molecule has 8 nitrogen and oxygen atoms in total. The predicted molar refractivity (Wildman–Crippen MR) is 107 cm³/mol. The first-order valence-corrected chi connectivity index (χ1v) is 8.89. The molecule has 8 heteroatoms. The number of aryl methyl sites for hydroxylation is 1. The quantitative estimate of drug-likeness (QED) is 0.583. The number of aromatic amines is 1. The Hall–Kier alpha value is -3.81. The van der Waals surface area contributed by atoms with Crippen molar-refractivity contribution >= 4 is 34.1 Å². The Kier molecular flexibility index (Phi) is 3.58. The van der Waals surface area contributed by atoms with E-state index >= 15 is 0 Å². The van der Waals surface area contributed by atoms with Crippen molar-refractivity contribution in [3.63, 3.8) is 0 Å². The molecule has 5 heterocycles. The van der Waals surface area contributed by atoms with E-state index in [2.05, 4.69) is 19.9 Å². The third kappa shape index (κ3) is 2.50. The van der Waals surface area contributed by atoms with E-state index in [0.717, 1.165) is 22.4 Å². The van der Waals surface area contributed by atoms with Crippen LogP contribution in [0.3, 0.4) is 0 Å². The van der Waals surface area contributed by atoms with Gasteiger partial charge in [-0.1, -0.05) is 6.07 Å². The van der Waals surface area contributed by atoms with E-state index in [0.29, 0.717) is 23.0 Å². The van der Waals surface area contributed by atoms with Crippen molar-refractivity contribution in [3.8, 4) is 11.5 Å². The van der Waals surface area contributed by atoms with E-state index in [4.69, 9.17) is 4.98 Å². The van der Waals surface area contributed by atoms with Gasteiger partial charge in [-0.2, -0.15) is 0 Å². The first-order chi connectivity index (χ1) is 13.6. The van der Waals surface area contributed by atoms with E-state index in [1.807, 2.05) is 48.4 Å². The molecule has 1 aliphatic rings. The van der Waals surface area contributed by atoms with Crippen LogP contribution in [0, 0.1) is 6.92 Å². The zero-order chi connectivity index (χ0) is 19.3. The summed E-state index contributed by atoms with van der Waals surface area (Å²) in [5.41, 5.74) is 3.89. The molecular weight excluding hydrogens is 354 g/mol. The van der Waals surface area contributed by atoms with Crippen molar-refractivity contribution < 1.29 is 4.79 Å². The van der Waals surface area contributed by atoms with Crippen LogP contribution in [0.25, 0.3) is 22.6 Å². The van der Waals surface area contributed by atoms with Crippen molar-refractivity contribution in [2.45, 2.75) is 6.92 Å². The van der Waals surface area contributed by atoms with Gasteiger partial charge in [-0.05, 0) is 31.2 Å². The Labute approximate surface area is 160 Å². The fraction of sp³-hybridized carbons (Fsp3) is 0.150. The smallest absolute Gasteiger partial charge is 0.246 e. The Bertz CT molecular complexity index is 1220. The summed E-state index contributed by atoms with van der Waals surface area (Å²) in [6, 6.07) is 9.59. The van der Waals surface area contributed by atoms with Gasteiger partial charge in [0.15, 0.2) is 11.6 Å². The number of H-pyrrole nitrogens is 1. The third-order valence-corrected chi connectivity index (χ3v) is 4.88. The molecule has 5 rings (SSSR count). The summed E-state index contributed by atoms with van der Waals surface area (Å²) in [4.78, 5) is 37.3. The summed E-state index contributed by atoms with van der Waals surface area (Å²) in [5.74, 6) is 1.16. The number of carbonyl (C=O) groups excluding carboxylic acids is 1. The van der Waals surface area contributed by atoms with Crippen LogP contribution in [0.4, 0.5) is 17.2 Å². The molecule has 0 atom stereocenters. The van der Waals surface area contributed by atoms with Crippen molar-refractivity contribution in [3.05, 3.63) is 54.6 Å². The van der Waals surface area contributed by atoms with Gasteiger partial charge in [0.1, 0.15) is 23.6 Å². The summed E-state index contributed by atoms with van der Waals surface area (Å²) in [6.07, 6.45) is 5.24. The lowest BCUT2D eigenvalue weighted by molar-refractivity contribution is -0.117. The van der Waals surface area contributed by atoms with Gasteiger partial charge in [0.05, 0.1) is 11.9 Å². The topological polar surface area (TPSA) is 90.9 Å². The molecule has 0 aromatic carbocycles. The number of aromatic nitrogens is 5. The molecule has 1 aliphatic heterocycles. The Morgan fingerprint density at radius 3 is 2.82 bits per heavy atom. The number of carbonyl (C=O) groups is 1. The second kappa shape index (κ2) is 6.12. The highest BCUT2D eigenvalue weighted by molar-refractivity contribution is 6.06.